The Kier molecular flexibility index (Phi) is 10.2. The van der Waals surface area contributed by atoms with E-state index in [9.17, 15) is 4.79 Å². The number of likely N-dealkylation sites (tertiary alicyclic amines) is 1. The third kappa shape index (κ3) is 6.89. The van der Waals surface area contributed by atoms with Crippen molar-refractivity contribution in [3.63, 3.8) is 0 Å². The van der Waals surface area contributed by atoms with Gasteiger partial charge in [0.05, 0.1) is 11.7 Å². The highest BCUT2D eigenvalue weighted by atomic mass is 79.9. The number of pyridine rings is 1. The summed E-state index contributed by atoms with van der Waals surface area (Å²) in [6.45, 7) is 7.60. The molecule has 1 N–H and O–H groups in total. The van der Waals surface area contributed by atoms with Crippen molar-refractivity contribution in [2.45, 2.75) is 69.5 Å². The quantitative estimate of drug-likeness (QED) is 0.448. The van der Waals surface area contributed by atoms with E-state index in [2.05, 4.69) is 54.1 Å². The fraction of sp³-hybridized carbons (Fsp3) is 0.636. The Bertz CT molecular complexity index is 1180. The van der Waals surface area contributed by atoms with Crippen LogP contribution >= 0.6 is 27.5 Å². The number of carbonyl (C=O) groups excluding carboxylic acids is 1. The maximum absolute atomic E-state index is 13.4. The first-order chi connectivity index (χ1) is 20.5. The Morgan fingerprint density at radius 1 is 1.05 bits per heavy atom. The van der Waals surface area contributed by atoms with Crippen LogP contribution in [0.15, 0.2) is 34.9 Å². The first-order valence-corrected chi connectivity index (χ1v) is 17.1. The topological polar surface area (TPSA) is 60.9 Å². The van der Waals surface area contributed by atoms with Gasteiger partial charge in [-0.2, -0.15) is 0 Å². The van der Waals surface area contributed by atoms with E-state index in [4.69, 9.17) is 21.3 Å². The SMILES string of the molecule is COCC[C@H]1CN(C2CCN(C3c4ccc(Cl)cc4CCc4cc(Br)cnc43)CC2)CCN1C(=O)CC1CCNCC1. The molecule has 0 bridgehead atoms. The van der Waals surface area contributed by atoms with E-state index in [1.165, 1.54) is 22.4 Å². The van der Waals surface area contributed by atoms with Gasteiger partial charge in [0, 0.05) is 80.6 Å². The highest BCUT2D eigenvalue weighted by molar-refractivity contribution is 9.10. The number of fused-ring (bicyclic) bond motifs is 2. The number of hydrogen-bond donors (Lipinski definition) is 1. The first kappa shape index (κ1) is 30.5. The fourth-order valence-corrected chi connectivity index (χ4v) is 8.35. The summed E-state index contributed by atoms with van der Waals surface area (Å²) in [5.41, 5.74) is 5.22. The number of amides is 1. The van der Waals surface area contributed by atoms with E-state index in [-0.39, 0.29) is 12.1 Å². The average molecular weight is 659 g/mol. The van der Waals surface area contributed by atoms with Gasteiger partial charge in [-0.15, -0.1) is 0 Å². The van der Waals surface area contributed by atoms with Gasteiger partial charge in [0.15, 0.2) is 0 Å². The number of aromatic nitrogens is 1. The largest absolute Gasteiger partial charge is 0.385 e. The molecule has 1 aromatic heterocycles. The lowest BCUT2D eigenvalue weighted by Gasteiger charge is -2.47. The molecule has 1 aliphatic carbocycles. The van der Waals surface area contributed by atoms with E-state index in [0.29, 0.717) is 30.9 Å². The van der Waals surface area contributed by atoms with E-state index in [0.717, 1.165) is 100 Å². The molecule has 9 heteroatoms. The van der Waals surface area contributed by atoms with Crippen molar-refractivity contribution < 1.29 is 9.53 Å². The number of nitrogens with zero attached hydrogens (tertiary/aromatic N) is 4. The number of methoxy groups -OCH3 is 1. The molecule has 7 nitrogen and oxygen atoms in total. The summed E-state index contributed by atoms with van der Waals surface area (Å²) in [6.07, 6.45) is 10.0. The Labute approximate surface area is 264 Å². The molecule has 1 unspecified atom stereocenters. The predicted molar refractivity (Wildman–Crippen MR) is 171 cm³/mol. The maximum atomic E-state index is 13.4. The van der Waals surface area contributed by atoms with Crippen molar-refractivity contribution in [1.82, 2.24) is 25.0 Å². The molecule has 2 aromatic rings. The summed E-state index contributed by atoms with van der Waals surface area (Å²) in [7, 11) is 1.77. The summed E-state index contributed by atoms with van der Waals surface area (Å²) in [6, 6.07) is 9.61. The molecule has 228 valence electrons. The lowest BCUT2D eigenvalue weighted by molar-refractivity contribution is -0.138. The highest BCUT2D eigenvalue weighted by Gasteiger charge is 2.38. The second-order valence-corrected chi connectivity index (χ2v) is 14.0. The number of carbonyl (C=O) groups is 1. The van der Waals surface area contributed by atoms with Crippen LogP contribution in [0.25, 0.3) is 0 Å². The molecule has 1 aromatic carbocycles. The smallest absolute Gasteiger partial charge is 0.223 e. The van der Waals surface area contributed by atoms with Crippen molar-refractivity contribution in [2.75, 3.05) is 59.5 Å². The van der Waals surface area contributed by atoms with Crippen molar-refractivity contribution in [3.05, 3.63) is 62.3 Å². The second kappa shape index (κ2) is 14.0. The third-order valence-electron chi connectivity index (χ3n) is 10.1. The lowest BCUT2D eigenvalue weighted by Crippen LogP contribution is -2.59. The number of rotatable bonds is 7. The molecule has 3 saturated heterocycles. The standard InChI is InChI=1S/C33H45BrClN5O2/c1-42-17-10-29-22-39(15-16-40(29)31(41)18-23-6-11-36-12-7-23)28-8-13-38(14-9-28)33-30-5-4-27(35)20-24(30)2-3-25-19-26(34)21-37-32(25)33/h4-5,19-21,23,28-29,33,36H,2-3,6-18,22H2,1H3/t29-,33?/m0/s1. The Morgan fingerprint density at radius 3 is 2.62 bits per heavy atom. The summed E-state index contributed by atoms with van der Waals surface area (Å²) < 4.78 is 6.52. The summed E-state index contributed by atoms with van der Waals surface area (Å²) in [5.74, 6) is 0.873. The van der Waals surface area contributed by atoms with Crippen LogP contribution in [0, 0.1) is 5.92 Å². The number of halogens is 2. The van der Waals surface area contributed by atoms with Crippen LogP contribution < -0.4 is 5.32 Å². The van der Waals surface area contributed by atoms with E-state index < -0.39 is 0 Å². The lowest BCUT2D eigenvalue weighted by atomic mass is 9.92. The van der Waals surface area contributed by atoms with Gasteiger partial charge in [-0.1, -0.05) is 17.7 Å². The Morgan fingerprint density at radius 2 is 1.83 bits per heavy atom. The number of ether oxygens (including phenoxy) is 1. The molecule has 0 radical (unpaired) electrons. The highest BCUT2D eigenvalue weighted by Crippen LogP contribution is 2.39. The number of piperidine rings is 2. The molecule has 1 amide bonds. The molecule has 0 spiro atoms. The van der Waals surface area contributed by atoms with Crippen LogP contribution in [0.1, 0.15) is 67.0 Å². The van der Waals surface area contributed by atoms with Crippen LogP contribution in [0.5, 0.6) is 0 Å². The number of nitrogens with one attached hydrogen (secondary N) is 1. The van der Waals surface area contributed by atoms with E-state index in [1.807, 2.05) is 12.3 Å². The number of piperazine rings is 1. The zero-order chi connectivity index (χ0) is 29.1. The predicted octanol–water partition coefficient (Wildman–Crippen LogP) is 5.09. The van der Waals surface area contributed by atoms with Crippen LogP contribution in [0.2, 0.25) is 5.02 Å². The number of hydrogen-bond acceptors (Lipinski definition) is 6. The fourth-order valence-electron chi connectivity index (χ4n) is 7.78. The van der Waals surface area contributed by atoms with Gasteiger partial charge in [-0.25, -0.2) is 0 Å². The minimum absolute atomic E-state index is 0.155. The molecule has 42 heavy (non-hydrogen) atoms. The van der Waals surface area contributed by atoms with Gasteiger partial charge < -0.3 is 15.0 Å². The average Bonchev–Trinajstić information content (AvgIpc) is 3.16. The summed E-state index contributed by atoms with van der Waals surface area (Å²) in [4.78, 5) is 25.9. The van der Waals surface area contributed by atoms with Gasteiger partial charge in [0.25, 0.3) is 0 Å². The van der Waals surface area contributed by atoms with Gasteiger partial charge in [0.2, 0.25) is 5.91 Å². The molecule has 4 aliphatic rings. The van der Waals surface area contributed by atoms with Crippen LogP contribution in [-0.2, 0) is 22.4 Å². The van der Waals surface area contributed by atoms with Crippen molar-refractivity contribution >= 4 is 33.4 Å². The maximum Gasteiger partial charge on any atom is 0.223 e. The van der Waals surface area contributed by atoms with Gasteiger partial charge >= 0.3 is 0 Å². The van der Waals surface area contributed by atoms with Crippen LogP contribution in [0.4, 0.5) is 0 Å². The molecule has 2 atom stereocenters. The van der Waals surface area contributed by atoms with Crippen molar-refractivity contribution in [2.24, 2.45) is 5.92 Å². The van der Waals surface area contributed by atoms with Crippen molar-refractivity contribution in [1.29, 1.82) is 0 Å². The summed E-state index contributed by atoms with van der Waals surface area (Å²) in [5, 5.41) is 4.23. The van der Waals surface area contributed by atoms with Gasteiger partial charge in [-0.05, 0) is 115 Å². The van der Waals surface area contributed by atoms with E-state index in [1.54, 1.807) is 7.11 Å². The second-order valence-electron chi connectivity index (χ2n) is 12.6. The molecular weight excluding hydrogens is 614 g/mol. The first-order valence-electron chi connectivity index (χ1n) is 15.9. The molecule has 0 saturated carbocycles. The summed E-state index contributed by atoms with van der Waals surface area (Å²) >= 11 is 10.1. The molecule has 4 heterocycles. The zero-order valence-electron chi connectivity index (χ0n) is 24.9. The molecule has 3 fully saturated rings. The molecule has 6 rings (SSSR count). The number of aryl methyl sites for hydroxylation is 2. The number of benzene rings is 1. The van der Waals surface area contributed by atoms with Crippen molar-refractivity contribution in [3.8, 4) is 0 Å². The van der Waals surface area contributed by atoms with Gasteiger partial charge in [0.1, 0.15) is 0 Å². The van der Waals surface area contributed by atoms with Crippen LogP contribution in [0.3, 0.4) is 0 Å². The third-order valence-corrected chi connectivity index (χ3v) is 10.8. The normalized spacial score (nSPS) is 24.7. The Balaban J connectivity index is 1.13. The van der Waals surface area contributed by atoms with Crippen LogP contribution in [-0.4, -0.2) is 97.2 Å². The zero-order valence-corrected chi connectivity index (χ0v) is 27.2. The molecular formula is C33H45BrClN5O2. The van der Waals surface area contributed by atoms with Gasteiger partial charge in [-0.3, -0.25) is 19.6 Å². The monoisotopic (exact) mass is 657 g/mol. The molecule has 3 aliphatic heterocycles. The van der Waals surface area contributed by atoms with E-state index >= 15 is 0 Å². The minimum atomic E-state index is 0.155. The Hall–Kier alpha value is -1.55. The minimum Gasteiger partial charge on any atom is -0.385 e.